The monoisotopic (exact) mass is 420 g/mol. The van der Waals surface area contributed by atoms with Crippen molar-refractivity contribution in [1.29, 1.82) is 0 Å². The highest BCUT2D eigenvalue weighted by atomic mass is 16.6. The molecule has 0 radical (unpaired) electrons. The highest BCUT2D eigenvalue weighted by Crippen LogP contribution is 2.15. The number of hydrogen-bond donors (Lipinski definition) is 5. The van der Waals surface area contributed by atoms with Crippen LogP contribution in [0.1, 0.15) is 96.8 Å². The zero-order valence-electron chi connectivity index (χ0n) is 18.2. The van der Waals surface area contributed by atoms with Gasteiger partial charge < -0.3 is 30.3 Å². The number of rotatable bonds is 20. The fraction of sp³-hybridized carbons (Fsp3) is 0.955. The molecular weight excluding hydrogens is 376 g/mol. The lowest BCUT2D eigenvalue weighted by Gasteiger charge is -2.28. The van der Waals surface area contributed by atoms with E-state index in [0.29, 0.717) is 6.42 Å². The lowest BCUT2D eigenvalue weighted by molar-refractivity contribution is -0.177. The van der Waals surface area contributed by atoms with E-state index in [1.165, 1.54) is 57.8 Å². The molecule has 0 aliphatic heterocycles. The molecule has 7 heteroatoms. The van der Waals surface area contributed by atoms with E-state index in [2.05, 4.69) is 6.92 Å². The van der Waals surface area contributed by atoms with E-state index in [0.717, 1.165) is 19.3 Å². The molecular formula is C22H44O7. The lowest BCUT2D eigenvalue weighted by atomic mass is 10.0. The van der Waals surface area contributed by atoms with Crippen LogP contribution in [-0.2, 0) is 9.53 Å². The lowest BCUT2D eigenvalue weighted by Crippen LogP contribution is -2.49. The van der Waals surface area contributed by atoms with Gasteiger partial charge in [0.25, 0.3) is 0 Å². The van der Waals surface area contributed by atoms with Crippen molar-refractivity contribution in [2.24, 2.45) is 0 Å². The van der Waals surface area contributed by atoms with Crippen molar-refractivity contribution < 1.29 is 35.1 Å². The van der Waals surface area contributed by atoms with Gasteiger partial charge in [0.15, 0.2) is 6.10 Å². The first kappa shape index (κ1) is 28.3. The first-order valence-corrected chi connectivity index (χ1v) is 11.4. The van der Waals surface area contributed by atoms with E-state index in [1.807, 2.05) is 0 Å². The molecule has 0 rings (SSSR count). The van der Waals surface area contributed by atoms with Gasteiger partial charge in [-0.05, 0) is 6.42 Å². The average molecular weight is 421 g/mol. The van der Waals surface area contributed by atoms with E-state index in [9.17, 15) is 20.1 Å². The Morgan fingerprint density at radius 3 is 1.52 bits per heavy atom. The van der Waals surface area contributed by atoms with Crippen LogP contribution in [0.3, 0.4) is 0 Å². The Labute approximate surface area is 176 Å². The third kappa shape index (κ3) is 14.8. The number of carbonyl (C=O) groups is 1. The molecule has 0 bridgehead atoms. The maximum atomic E-state index is 11.9. The summed E-state index contributed by atoms with van der Waals surface area (Å²) < 4.78 is 5.02. The predicted octanol–water partition coefficient (Wildman–Crippen LogP) is 2.45. The average Bonchev–Trinajstić information content (AvgIpc) is 2.73. The predicted molar refractivity (Wildman–Crippen MR) is 112 cm³/mol. The number of ether oxygens (including phenoxy) is 1. The number of esters is 1. The van der Waals surface area contributed by atoms with Crippen molar-refractivity contribution in [3.63, 3.8) is 0 Å². The molecule has 0 aromatic rings. The minimum atomic E-state index is -1.67. The number of aliphatic hydroxyl groups is 5. The summed E-state index contributed by atoms with van der Waals surface area (Å²) in [6.45, 7) is 0.758. The molecule has 0 aromatic heterocycles. The molecule has 0 aliphatic rings. The number of unbranched alkanes of at least 4 members (excludes halogenated alkanes) is 12. The Morgan fingerprint density at radius 1 is 0.690 bits per heavy atom. The fourth-order valence-electron chi connectivity index (χ4n) is 3.30. The summed E-state index contributed by atoms with van der Waals surface area (Å²) in [5, 5.41) is 46.9. The Bertz CT molecular complexity index is 378. The SMILES string of the molecule is CCCCCCCCCCCCCCCC(=O)O[C@@H]([C@H](O)[C@@H](O)CO)[C@H](O)CO. The summed E-state index contributed by atoms with van der Waals surface area (Å²) in [5.41, 5.74) is 0. The van der Waals surface area contributed by atoms with Crippen LogP contribution in [0.2, 0.25) is 0 Å². The quantitative estimate of drug-likeness (QED) is 0.151. The third-order valence-electron chi connectivity index (χ3n) is 5.24. The second-order valence-electron chi connectivity index (χ2n) is 7.94. The maximum Gasteiger partial charge on any atom is 0.306 e. The Morgan fingerprint density at radius 2 is 1.10 bits per heavy atom. The van der Waals surface area contributed by atoms with Gasteiger partial charge in [0.1, 0.15) is 18.3 Å². The van der Waals surface area contributed by atoms with Crippen LogP contribution in [0.25, 0.3) is 0 Å². The van der Waals surface area contributed by atoms with Crippen LogP contribution in [-0.4, -0.2) is 69.1 Å². The van der Waals surface area contributed by atoms with Crippen LogP contribution in [0.5, 0.6) is 0 Å². The summed E-state index contributed by atoms with van der Waals surface area (Å²) in [6.07, 6.45) is 9.48. The minimum Gasteiger partial charge on any atom is -0.457 e. The van der Waals surface area contributed by atoms with Crippen LogP contribution in [0.4, 0.5) is 0 Å². The Kier molecular flexibility index (Phi) is 18.8. The van der Waals surface area contributed by atoms with Gasteiger partial charge in [-0.2, -0.15) is 0 Å². The van der Waals surface area contributed by atoms with E-state index in [4.69, 9.17) is 14.9 Å². The molecule has 0 heterocycles. The standard InChI is InChI=1S/C22H44O7/c1-2-3-4-5-6-7-8-9-10-11-12-13-14-15-20(27)29-22(19(26)17-24)21(28)18(25)16-23/h18-19,21-26,28H,2-17H2,1H3/t18-,19+,21+,22+/m0/s1. The van der Waals surface area contributed by atoms with Gasteiger partial charge in [-0.1, -0.05) is 84.0 Å². The second kappa shape index (κ2) is 19.2. The Balaban J connectivity index is 3.76. The van der Waals surface area contributed by atoms with Crippen molar-refractivity contribution in [3.05, 3.63) is 0 Å². The largest absolute Gasteiger partial charge is 0.457 e. The van der Waals surface area contributed by atoms with Crippen LogP contribution >= 0.6 is 0 Å². The summed E-state index contributed by atoms with van der Waals surface area (Å²) in [5.74, 6) is -0.602. The Hall–Kier alpha value is -0.730. The molecule has 0 fully saturated rings. The molecule has 0 spiro atoms. The molecule has 7 nitrogen and oxygen atoms in total. The highest BCUT2D eigenvalue weighted by Gasteiger charge is 2.34. The number of aliphatic hydroxyl groups excluding tert-OH is 5. The van der Waals surface area contributed by atoms with Crippen LogP contribution in [0.15, 0.2) is 0 Å². The van der Waals surface area contributed by atoms with Gasteiger partial charge in [0.05, 0.1) is 13.2 Å². The van der Waals surface area contributed by atoms with Gasteiger partial charge in [-0.15, -0.1) is 0 Å². The first-order valence-electron chi connectivity index (χ1n) is 11.4. The third-order valence-corrected chi connectivity index (χ3v) is 5.24. The summed E-state index contributed by atoms with van der Waals surface area (Å²) in [6, 6.07) is 0. The van der Waals surface area contributed by atoms with E-state index >= 15 is 0 Å². The van der Waals surface area contributed by atoms with Crippen molar-refractivity contribution in [2.45, 2.75) is 121 Å². The van der Waals surface area contributed by atoms with E-state index < -0.39 is 43.6 Å². The van der Waals surface area contributed by atoms with Crippen molar-refractivity contribution >= 4 is 5.97 Å². The van der Waals surface area contributed by atoms with E-state index in [1.54, 1.807) is 0 Å². The van der Waals surface area contributed by atoms with Gasteiger partial charge in [0.2, 0.25) is 0 Å². The molecule has 0 aliphatic carbocycles. The minimum absolute atomic E-state index is 0.147. The zero-order valence-corrected chi connectivity index (χ0v) is 18.2. The number of carbonyl (C=O) groups excluding carboxylic acids is 1. The van der Waals surface area contributed by atoms with Crippen LogP contribution in [0, 0.1) is 0 Å². The summed E-state index contributed by atoms with van der Waals surface area (Å²) in [4.78, 5) is 11.9. The van der Waals surface area contributed by atoms with Gasteiger partial charge in [0, 0.05) is 6.42 Å². The number of hydrogen-bond acceptors (Lipinski definition) is 7. The molecule has 0 amide bonds. The topological polar surface area (TPSA) is 127 Å². The molecule has 0 saturated carbocycles. The summed E-state index contributed by atoms with van der Waals surface area (Å²) >= 11 is 0. The van der Waals surface area contributed by atoms with Crippen LogP contribution < -0.4 is 0 Å². The van der Waals surface area contributed by atoms with Crippen molar-refractivity contribution in [2.75, 3.05) is 13.2 Å². The molecule has 174 valence electrons. The molecule has 0 saturated heterocycles. The van der Waals surface area contributed by atoms with Crippen molar-refractivity contribution in [3.8, 4) is 0 Å². The molecule has 0 aromatic carbocycles. The van der Waals surface area contributed by atoms with Gasteiger partial charge >= 0.3 is 5.97 Å². The first-order chi connectivity index (χ1) is 14.0. The second-order valence-corrected chi connectivity index (χ2v) is 7.94. The smallest absolute Gasteiger partial charge is 0.306 e. The van der Waals surface area contributed by atoms with Crippen molar-refractivity contribution in [1.82, 2.24) is 0 Å². The summed E-state index contributed by atoms with van der Waals surface area (Å²) in [7, 11) is 0. The normalized spacial score (nSPS) is 15.7. The molecule has 29 heavy (non-hydrogen) atoms. The van der Waals surface area contributed by atoms with Gasteiger partial charge in [-0.3, -0.25) is 4.79 Å². The maximum absolute atomic E-state index is 11.9. The fourth-order valence-corrected chi connectivity index (χ4v) is 3.30. The molecule has 0 unspecified atom stereocenters. The highest BCUT2D eigenvalue weighted by molar-refractivity contribution is 5.69. The molecule has 4 atom stereocenters. The van der Waals surface area contributed by atoms with E-state index in [-0.39, 0.29) is 6.42 Å². The zero-order chi connectivity index (χ0) is 21.9. The molecule has 5 N–H and O–H groups in total. The van der Waals surface area contributed by atoms with Gasteiger partial charge in [-0.25, -0.2) is 0 Å².